The van der Waals surface area contributed by atoms with E-state index in [-0.39, 0.29) is 11.9 Å². The quantitative estimate of drug-likeness (QED) is 0.913. The molecule has 0 aliphatic heterocycles. The number of ether oxygens (including phenoxy) is 1. The van der Waals surface area contributed by atoms with E-state index < -0.39 is 0 Å². The smallest absolute Gasteiger partial charge is 0.130 e. The van der Waals surface area contributed by atoms with Crippen LogP contribution in [0.1, 0.15) is 44.1 Å². The van der Waals surface area contributed by atoms with E-state index in [0.29, 0.717) is 24.0 Å². The second kappa shape index (κ2) is 6.05. The molecule has 108 valence electrons. The lowest BCUT2D eigenvalue weighted by atomic mass is 10.1. The number of hydrogen-bond acceptors (Lipinski definition) is 3. The first-order valence-electron chi connectivity index (χ1n) is 6.67. The molecule has 0 saturated heterocycles. The van der Waals surface area contributed by atoms with Crippen molar-refractivity contribution >= 4 is 0 Å². The van der Waals surface area contributed by atoms with Crippen LogP contribution in [0.5, 0.6) is 5.75 Å². The lowest BCUT2D eigenvalue weighted by molar-refractivity contribution is 0.287. The summed E-state index contributed by atoms with van der Waals surface area (Å²) in [6.45, 7) is 6.34. The molecule has 0 aliphatic rings. The maximum atomic E-state index is 13.3. The molecule has 0 saturated carbocycles. The summed E-state index contributed by atoms with van der Waals surface area (Å²) in [5, 5.41) is 0. The van der Waals surface area contributed by atoms with Crippen molar-refractivity contribution in [3.8, 4) is 5.75 Å². The molecule has 0 spiro atoms. The predicted molar refractivity (Wildman–Crippen MR) is 75.9 cm³/mol. The van der Waals surface area contributed by atoms with Crippen LogP contribution in [0.15, 0.2) is 30.7 Å². The first kappa shape index (κ1) is 14.5. The molecule has 1 atom stereocenters. The maximum absolute atomic E-state index is 13.3. The number of imidazole rings is 1. The molecule has 1 heterocycles. The zero-order valence-corrected chi connectivity index (χ0v) is 12.0. The van der Waals surface area contributed by atoms with Gasteiger partial charge in [-0.1, -0.05) is 0 Å². The minimum atomic E-state index is -0.308. The third kappa shape index (κ3) is 3.17. The predicted octanol–water partition coefficient (Wildman–Crippen LogP) is 3.20. The average Bonchev–Trinajstić information content (AvgIpc) is 2.85. The number of benzene rings is 1. The molecule has 2 rings (SSSR count). The number of hydrogen-bond donors (Lipinski definition) is 1. The van der Waals surface area contributed by atoms with Gasteiger partial charge in [-0.15, -0.1) is 0 Å². The Labute approximate surface area is 118 Å². The van der Waals surface area contributed by atoms with Crippen LogP contribution in [0.25, 0.3) is 0 Å². The summed E-state index contributed by atoms with van der Waals surface area (Å²) in [4.78, 5) is 4.13. The van der Waals surface area contributed by atoms with Crippen LogP contribution >= 0.6 is 0 Å². The molecule has 0 fully saturated rings. The molecule has 1 aromatic heterocycles. The van der Waals surface area contributed by atoms with Crippen molar-refractivity contribution in [3.05, 3.63) is 47.8 Å². The Morgan fingerprint density at radius 1 is 1.35 bits per heavy atom. The highest BCUT2D eigenvalue weighted by molar-refractivity contribution is 5.36. The third-order valence-electron chi connectivity index (χ3n) is 3.14. The van der Waals surface area contributed by atoms with Gasteiger partial charge in [0.05, 0.1) is 18.2 Å². The molecule has 0 unspecified atom stereocenters. The second-order valence-corrected chi connectivity index (χ2v) is 5.15. The van der Waals surface area contributed by atoms with E-state index >= 15 is 0 Å². The number of nitrogens with zero attached hydrogens (tertiary/aromatic N) is 2. The topological polar surface area (TPSA) is 53.1 Å². The zero-order chi connectivity index (χ0) is 14.7. The SMILES string of the molecule is CC(C)n1cncc1COc1ccc(F)cc1[C@@H](C)N. The normalized spacial score (nSPS) is 12.7. The van der Waals surface area contributed by atoms with Crippen LogP contribution in [0.4, 0.5) is 4.39 Å². The van der Waals surface area contributed by atoms with Crippen molar-refractivity contribution < 1.29 is 9.13 Å². The Bertz CT molecular complexity index is 578. The van der Waals surface area contributed by atoms with Gasteiger partial charge in [0.2, 0.25) is 0 Å². The number of halogens is 1. The van der Waals surface area contributed by atoms with E-state index in [2.05, 4.69) is 18.8 Å². The molecule has 2 aromatic rings. The van der Waals surface area contributed by atoms with Crippen molar-refractivity contribution in [1.29, 1.82) is 0 Å². The van der Waals surface area contributed by atoms with Crippen molar-refractivity contribution in [2.75, 3.05) is 0 Å². The van der Waals surface area contributed by atoms with Gasteiger partial charge in [0.15, 0.2) is 0 Å². The van der Waals surface area contributed by atoms with E-state index in [1.54, 1.807) is 25.5 Å². The Hall–Kier alpha value is -1.88. The van der Waals surface area contributed by atoms with Crippen LogP contribution < -0.4 is 10.5 Å². The van der Waals surface area contributed by atoms with Crippen LogP contribution in [0, 0.1) is 5.82 Å². The highest BCUT2D eigenvalue weighted by Crippen LogP contribution is 2.25. The molecule has 4 nitrogen and oxygen atoms in total. The van der Waals surface area contributed by atoms with Crippen molar-refractivity contribution in [3.63, 3.8) is 0 Å². The monoisotopic (exact) mass is 277 g/mol. The summed E-state index contributed by atoms with van der Waals surface area (Å²) < 4.78 is 21.1. The highest BCUT2D eigenvalue weighted by Gasteiger charge is 2.11. The van der Waals surface area contributed by atoms with Crippen molar-refractivity contribution in [2.24, 2.45) is 5.73 Å². The average molecular weight is 277 g/mol. The van der Waals surface area contributed by atoms with E-state index in [4.69, 9.17) is 10.5 Å². The molecular weight excluding hydrogens is 257 g/mol. The Kier molecular flexibility index (Phi) is 4.39. The molecule has 20 heavy (non-hydrogen) atoms. The maximum Gasteiger partial charge on any atom is 0.130 e. The van der Waals surface area contributed by atoms with Gasteiger partial charge >= 0.3 is 0 Å². The number of aromatic nitrogens is 2. The summed E-state index contributed by atoms with van der Waals surface area (Å²) in [5.41, 5.74) is 7.49. The van der Waals surface area contributed by atoms with Gasteiger partial charge in [0, 0.05) is 17.6 Å². The van der Waals surface area contributed by atoms with Gasteiger partial charge < -0.3 is 15.0 Å². The van der Waals surface area contributed by atoms with E-state index in [9.17, 15) is 4.39 Å². The molecular formula is C15H20FN3O. The minimum absolute atomic E-state index is 0.282. The van der Waals surface area contributed by atoms with E-state index in [1.165, 1.54) is 12.1 Å². The van der Waals surface area contributed by atoms with Gasteiger partial charge in [-0.05, 0) is 39.0 Å². The van der Waals surface area contributed by atoms with E-state index in [1.807, 2.05) is 4.57 Å². The minimum Gasteiger partial charge on any atom is -0.487 e. The molecule has 5 heteroatoms. The molecule has 0 aliphatic carbocycles. The first-order valence-corrected chi connectivity index (χ1v) is 6.67. The van der Waals surface area contributed by atoms with Crippen molar-refractivity contribution in [2.45, 2.75) is 39.5 Å². The number of rotatable bonds is 5. The Balaban J connectivity index is 2.17. The molecule has 2 N–H and O–H groups in total. The third-order valence-corrected chi connectivity index (χ3v) is 3.14. The largest absolute Gasteiger partial charge is 0.487 e. The fourth-order valence-electron chi connectivity index (χ4n) is 2.07. The Morgan fingerprint density at radius 2 is 2.10 bits per heavy atom. The summed E-state index contributed by atoms with van der Waals surface area (Å²) in [7, 11) is 0. The van der Waals surface area contributed by atoms with Gasteiger partial charge in [0.1, 0.15) is 18.2 Å². The molecule has 1 aromatic carbocycles. The summed E-state index contributed by atoms with van der Waals surface area (Å²) in [5.74, 6) is 0.301. The molecule has 0 amide bonds. The van der Waals surface area contributed by atoms with Crippen molar-refractivity contribution in [1.82, 2.24) is 9.55 Å². The summed E-state index contributed by atoms with van der Waals surface area (Å²) in [6, 6.07) is 4.44. The molecule has 0 bridgehead atoms. The van der Waals surface area contributed by atoms with E-state index in [0.717, 1.165) is 5.69 Å². The van der Waals surface area contributed by atoms with Crippen LogP contribution in [-0.4, -0.2) is 9.55 Å². The van der Waals surface area contributed by atoms with Gasteiger partial charge in [-0.2, -0.15) is 0 Å². The van der Waals surface area contributed by atoms with Crippen LogP contribution in [0.3, 0.4) is 0 Å². The highest BCUT2D eigenvalue weighted by atomic mass is 19.1. The fraction of sp³-hybridized carbons (Fsp3) is 0.400. The standard InChI is InChI=1S/C15H20FN3O/c1-10(2)19-9-18-7-13(19)8-20-15-5-4-12(16)6-14(15)11(3)17/h4-7,9-11H,8,17H2,1-3H3/t11-/m1/s1. The van der Waals surface area contributed by atoms with Crippen LogP contribution in [-0.2, 0) is 6.61 Å². The lowest BCUT2D eigenvalue weighted by Crippen LogP contribution is -2.11. The second-order valence-electron chi connectivity index (χ2n) is 5.15. The number of nitrogens with two attached hydrogens (primary N) is 1. The van der Waals surface area contributed by atoms with Crippen LogP contribution in [0.2, 0.25) is 0 Å². The zero-order valence-electron chi connectivity index (χ0n) is 12.0. The van der Waals surface area contributed by atoms with Gasteiger partial charge in [-0.25, -0.2) is 9.37 Å². The Morgan fingerprint density at radius 3 is 2.75 bits per heavy atom. The summed E-state index contributed by atoms with van der Waals surface area (Å²) in [6.07, 6.45) is 3.55. The lowest BCUT2D eigenvalue weighted by Gasteiger charge is -2.16. The first-order chi connectivity index (χ1) is 9.49. The molecule has 0 radical (unpaired) electrons. The van der Waals surface area contributed by atoms with Gasteiger partial charge in [-0.3, -0.25) is 0 Å². The van der Waals surface area contributed by atoms with Gasteiger partial charge in [0.25, 0.3) is 0 Å². The fourth-order valence-corrected chi connectivity index (χ4v) is 2.07. The summed E-state index contributed by atoms with van der Waals surface area (Å²) >= 11 is 0.